The van der Waals surface area contributed by atoms with Gasteiger partial charge in [-0.15, -0.1) is 0 Å². The van der Waals surface area contributed by atoms with Crippen LogP contribution in [0.25, 0.3) is 0 Å². The van der Waals surface area contributed by atoms with Crippen molar-refractivity contribution >= 4 is 0 Å². The van der Waals surface area contributed by atoms with Gasteiger partial charge in [-0.25, -0.2) is 0 Å². The average molecular weight is 232 g/mol. The minimum Gasteiger partial charge on any atom is -0.272 e. The third-order valence-electron chi connectivity index (χ3n) is 1.65. The fourth-order valence-corrected chi connectivity index (χ4v) is 1.02. The molecular formula is C7H6F6N2. The fourth-order valence-electron chi connectivity index (χ4n) is 1.02. The van der Waals surface area contributed by atoms with Gasteiger partial charge in [0.05, 0.1) is 6.42 Å². The van der Waals surface area contributed by atoms with Crippen LogP contribution in [-0.4, -0.2) is 16.0 Å². The molecule has 0 unspecified atom stereocenters. The van der Waals surface area contributed by atoms with Gasteiger partial charge in [0, 0.05) is 12.7 Å². The van der Waals surface area contributed by atoms with Gasteiger partial charge in [0.25, 0.3) is 0 Å². The molecule has 0 aliphatic heterocycles. The van der Waals surface area contributed by atoms with Crippen LogP contribution in [0.1, 0.15) is 11.4 Å². The molecular weight excluding hydrogens is 226 g/mol. The molecule has 0 spiro atoms. The smallest absolute Gasteiger partial charge is 0.272 e. The first kappa shape index (κ1) is 11.9. The zero-order chi connectivity index (χ0) is 11.9. The lowest BCUT2D eigenvalue weighted by atomic mass is 10.2. The van der Waals surface area contributed by atoms with Crippen LogP contribution in [0.2, 0.25) is 0 Å². The van der Waals surface area contributed by atoms with Crippen molar-refractivity contribution in [3.63, 3.8) is 0 Å². The molecule has 1 aromatic rings. The average Bonchev–Trinajstić information content (AvgIpc) is 2.27. The molecule has 0 atom stereocenters. The van der Waals surface area contributed by atoms with Crippen LogP contribution in [0.3, 0.4) is 0 Å². The molecule has 0 radical (unpaired) electrons. The van der Waals surface area contributed by atoms with E-state index in [-0.39, 0.29) is 0 Å². The lowest BCUT2D eigenvalue weighted by Gasteiger charge is -2.05. The second kappa shape index (κ2) is 3.42. The van der Waals surface area contributed by atoms with Crippen LogP contribution in [-0.2, 0) is 19.6 Å². The molecule has 0 bridgehead atoms. The summed E-state index contributed by atoms with van der Waals surface area (Å²) in [5.74, 6) is 0. The zero-order valence-corrected chi connectivity index (χ0v) is 7.45. The van der Waals surface area contributed by atoms with E-state index in [4.69, 9.17) is 0 Å². The van der Waals surface area contributed by atoms with E-state index in [1.54, 1.807) is 0 Å². The summed E-state index contributed by atoms with van der Waals surface area (Å²) in [7, 11) is 1.04. The Bertz CT molecular complexity index is 347. The Morgan fingerprint density at radius 2 is 1.73 bits per heavy atom. The molecule has 0 aliphatic rings. The first-order valence-corrected chi connectivity index (χ1v) is 3.76. The molecule has 1 rings (SSSR count). The highest BCUT2D eigenvalue weighted by molar-refractivity contribution is 5.13. The van der Waals surface area contributed by atoms with E-state index in [9.17, 15) is 26.3 Å². The number of rotatable bonds is 1. The number of hydrogen-bond donors (Lipinski definition) is 0. The van der Waals surface area contributed by atoms with Crippen molar-refractivity contribution in [3.8, 4) is 0 Å². The molecule has 0 N–H and O–H groups in total. The Balaban J connectivity index is 2.97. The first-order valence-electron chi connectivity index (χ1n) is 3.76. The minimum absolute atomic E-state index is 0.396. The molecule has 2 nitrogen and oxygen atoms in total. The van der Waals surface area contributed by atoms with E-state index in [2.05, 4.69) is 5.10 Å². The van der Waals surface area contributed by atoms with Gasteiger partial charge in [-0.1, -0.05) is 0 Å². The quantitative estimate of drug-likeness (QED) is 0.680. The number of halogens is 6. The standard InChI is InChI=1S/C7H6F6N2/c1-15-4(3-6(8,9)10)2-5(14-15)7(11,12)13/h2H,3H2,1H3. The second-order valence-corrected chi connectivity index (χ2v) is 2.93. The zero-order valence-electron chi connectivity index (χ0n) is 7.45. The number of alkyl halides is 6. The van der Waals surface area contributed by atoms with Gasteiger partial charge in [-0.3, -0.25) is 4.68 Å². The Morgan fingerprint density at radius 3 is 2.07 bits per heavy atom. The molecule has 0 amide bonds. The molecule has 1 heterocycles. The maximum atomic E-state index is 12.1. The monoisotopic (exact) mass is 232 g/mol. The number of nitrogens with zero attached hydrogens (tertiary/aromatic N) is 2. The number of aromatic nitrogens is 2. The highest BCUT2D eigenvalue weighted by Gasteiger charge is 2.36. The van der Waals surface area contributed by atoms with Crippen molar-refractivity contribution in [1.29, 1.82) is 0 Å². The van der Waals surface area contributed by atoms with E-state index in [0.29, 0.717) is 10.7 Å². The molecule has 1 aromatic heterocycles. The van der Waals surface area contributed by atoms with Gasteiger partial charge >= 0.3 is 12.4 Å². The molecule has 8 heteroatoms. The highest BCUT2D eigenvalue weighted by Crippen LogP contribution is 2.30. The Kier molecular flexibility index (Phi) is 2.71. The van der Waals surface area contributed by atoms with E-state index in [1.165, 1.54) is 0 Å². The first-order chi connectivity index (χ1) is 6.59. The van der Waals surface area contributed by atoms with Gasteiger partial charge in [0.1, 0.15) is 0 Å². The maximum Gasteiger partial charge on any atom is 0.435 e. The normalized spacial score (nSPS) is 13.3. The molecule has 0 aliphatic carbocycles. The summed E-state index contributed by atoms with van der Waals surface area (Å²) in [6.07, 6.45) is -10.7. The summed E-state index contributed by atoms with van der Waals surface area (Å²) < 4.78 is 72.5. The predicted molar refractivity (Wildman–Crippen MR) is 38.0 cm³/mol. The van der Waals surface area contributed by atoms with Gasteiger partial charge in [0.15, 0.2) is 5.69 Å². The summed E-state index contributed by atoms with van der Waals surface area (Å²) in [5.41, 5.74) is -1.83. The van der Waals surface area contributed by atoms with Crippen LogP contribution in [0, 0.1) is 0 Å². The summed E-state index contributed by atoms with van der Waals surface area (Å²) in [6, 6.07) is 0.396. The lowest BCUT2D eigenvalue weighted by molar-refractivity contribution is -0.141. The highest BCUT2D eigenvalue weighted by atomic mass is 19.4. The molecule has 15 heavy (non-hydrogen) atoms. The Labute approximate surface area is 80.5 Å². The van der Waals surface area contributed by atoms with Crippen LogP contribution >= 0.6 is 0 Å². The van der Waals surface area contributed by atoms with Crippen molar-refractivity contribution in [1.82, 2.24) is 9.78 Å². The van der Waals surface area contributed by atoms with Crippen LogP contribution < -0.4 is 0 Å². The van der Waals surface area contributed by atoms with Gasteiger partial charge in [-0.05, 0) is 6.07 Å². The van der Waals surface area contributed by atoms with E-state index in [1.807, 2.05) is 0 Å². The van der Waals surface area contributed by atoms with E-state index >= 15 is 0 Å². The van der Waals surface area contributed by atoms with Gasteiger partial charge in [-0.2, -0.15) is 31.4 Å². The second-order valence-electron chi connectivity index (χ2n) is 2.93. The SMILES string of the molecule is Cn1nc(C(F)(F)F)cc1CC(F)(F)F. The minimum atomic E-state index is -4.72. The molecule has 86 valence electrons. The summed E-state index contributed by atoms with van der Waals surface area (Å²) in [6.45, 7) is 0. The Morgan fingerprint density at radius 1 is 1.20 bits per heavy atom. The van der Waals surface area contributed by atoms with E-state index in [0.717, 1.165) is 7.05 Å². The van der Waals surface area contributed by atoms with Crippen molar-refractivity contribution in [3.05, 3.63) is 17.5 Å². The van der Waals surface area contributed by atoms with Crippen molar-refractivity contribution in [2.75, 3.05) is 0 Å². The van der Waals surface area contributed by atoms with Gasteiger partial charge < -0.3 is 0 Å². The molecule has 0 fully saturated rings. The topological polar surface area (TPSA) is 17.8 Å². The van der Waals surface area contributed by atoms with Crippen molar-refractivity contribution in [2.24, 2.45) is 7.05 Å². The molecule has 0 saturated heterocycles. The largest absolute Gasteiger partial charge is 0.435 e. The van der Waals surface area contributed by atoms with Crippen LogP contribution in [0.15, 0.2) is 6.07 Å². The predicted octanol–water partition coefficient (Wildman–Crippen LogP) is 2.54. The Hall–Kier alpha value is -1.21. The molecule has 0 saturated carbocycles. The van der Waals surface area contributed by atoms with Crippen molar-refractivity contribution < 1.29 is 26.3 Å². The van der Waals surface area contributed by atoms with Gasteiger partial charge in [0.2, 0.25) is 0 Å². The maximum absolute atomic E-state index is 12.1. The molecule has 0 aromatic carbocycles. The van der Waals surface area contributed by atoms with Crippen molar-refractivity contribution in [2.45, 2.75) is 18.8 Å². The lowest BCUT2D eigenvalue weighted by Crippen LogP contribution is -2.14. The van der Waals surface area contributed by atoms with Crippen LogP contribution in [0.4, 0.5) is 26.3 Å². The van der Waals surface area contributed by atoms with Crippen LogP contribution in [0.5, 0.6) is 0 Å². The summed E-state index contributed by atoms with van der Waals surface area (Å²) in [4.78, 5) is 0. The number of hydrogen-bond acceptors (Lipinski definition) is 1. The number of aryl methyl sites for hydroxylation is 1. The third kappa shape index (κ3) is 3.14. The summed E-state index contributed by atoms with van der Waals surface area (Å²) in [5, 5.41) is 2.96. The third-order valence-corrected chi connectivity index (χ3v) is 1.65. The fraction of sp³-hybridized carbons (Fsp3) is 0.571. The summed E-state index contributed by atoms with van der Waals surface area (Å²) >= 11 is 0. The van der Waals surface area contributed by atoms with E-state index < -0.39 is 30.2 Å².